The molecule has 0 aliphatic rings. The maximum absolute atomic E-state index is 5.38. The largest absolute Gasteiger partial charge is 0.382 e. The number of anilines is 1. The van der Waals surface area contributed by atoms with Crippen molar-refractivity contribution in [1.29, 1.82) is 0 Å². The van der Waals surface area contributed by atoms with Crippen molar-refractivity contribution >= 4 is 27.8 Å². The van der Waals surface area contributed by atoms with Gasteiger partial charge in [0.2, 0.25) is 0 Å². The molecule has 3 rings (SSSR count). The zero-order valence-electron chi connectivity index (χ0n) is 13.8. The van der Waals surface area contributed by atoms with Crippen LogP contribution in [0, 0.1) is 0 Å². The van der Waals surface area contributed by atoms with Gasteiger partial charge in [-0.1, -0.05) is 42.5 Å². The van der Waals surface area contributed by atoms with Gasteiger partial charge in [-0.2, -0.15) is 5.11 Å². The van der Waals surface area contributed by atoms with Gasteiger partial charge in [0.1, 0.15) is 0 Å². The fraction of sp³-hybridized carbons (Fsp3) is 0.200. The van der Waals surface area contributed by atoms with Crippen LogP contribution in [0.4, 0.5) is 17.1 Å². The van der Waals surface area contributed by atoms with Crippen LogP contribution in [0.3, 0.4) is 0 Å². The van der Waals surface area contributed by atoms with Crippen molar-refractivity contribution in [2.75, 3.05) is 25.1 Å². The smallest absolute Gasteiger partial charge is 0.0936 e. The molecule has 3 aromatic carbocycles. The molecule has 24 heavy (non-hydrogen) atoms. The lowest BCUT2D eigenvalue weighted by Gasteiger charge is -2.11. The van der Waals surface area contributed by atoms with Crippen molar-refractivity contribution in [1.82, 2.24) is 0 Å². The van der Waals surface area contributed by atoms with Crippen LogP contribution < -0.4 is 5.32 Å². The number of hydrogen-bond acceptors (Lipinski definition) is 4. The van der Waals surface area contributed by atoms with Crippen LogP contribution in [-0.2, 0) is 4.74 Å². The number of nitrogens with zero attached hydrogens (tertiary/aromatic N) is 2. The summed E-state index contributed by atoms with van der Waals surface area (Å²) in [5.74, 6) is 0. The summed E-state index contributed by atoms with van der Waals surface area (Å²) in [5, 5.41) is 14.4. The normalized spacial score (nSPS) is 11.2. The van der Waals surface area contributed by atoms with E-state index in [1.54, 1.807) is 0 Å². The van der Waals surface area contributed by atoms with Gasteiger partial charge in [0.15, 0.2) is 0 Å². The third-order valence-corrected chi connectivity index (χ3v) is 3.70. The Bertz CT molecular complexity index is 815. The van der Waals surface area contributed by atoms with Gasteiger partial charge in [-0.05, 0) is 31.2 Å². The van der Waals surface area contributed by atoms with Crippen LogP contribution in [0.25, 0.3) is 10.8 Å². The summed E-state index contributed by atoms with van der Waals surface area (Å²) < 4.78 is 5.38. The molecule has 0 aliphatic carbocycles. The predicted molar refractivity (Wildman–Crippen MR) is 99.5 cm³/mol. The molecule has 3 aromatic rings. The van der Waals surface area contributed by atoms with Gasteiger partial charge in [-0.3, -0.25) is 0 Å². The molecule has 0 saturated carbocycles. The lowest BCUT2D eigenvalue weighted by molar-refractivity contribution is 0.158. The molecule has 0 radical (unpaired) electrons. The summed E-state index contributed by atoms with van der Waals surface area (Å²) in [5.41, 5.74) is 2.80. The van der Waals surface area contributed by atoms with Crippen LogP contribution in [0.2, 0.25) is 0 Å². The minimum absolute atomic E-state index is 0.695. The summed E-state index contributed by atoms with van der Waals surface area (Å²) in [6, 6.07) is 22.0. The van der Waals surface area contributed by atoms with Gasteiger partial charge in [0, 0.05) is 29.6 Å². The Morgan fingerprint density at radius 1 is 0.833 bits per heavy atom. The third kappa shape index (κ3) is 3.97. The second kappa shape index (κ2) is 8.22. The molecule has 0 spiro atoms. The van der Waals surface area contributed by atoms with Crippen LogP contribution >= 0.6 is 0 Å². The van der Waals surface area contributed by atoms with Crippen LogP contribution in [0.15, 0.2) is 77.0 Å². The van der Waals surface area contributed by atoms with Crippen molar-refractivity contribution < 1.29 is 4.74 Å². The lowest BCUT2D eigenvalue weighted by Crippen LogP contribution is -2.09. The molecule has 0 aliphatic heterocycles. The quantitative estimate of drug-likeness (QED) is 0.448. The topological polar surface area (TPSA) is 46.0 Å². The first kappa shape index (κ1) is 16.1. The van der Waals surface area contributed by atoms with Crippen molar-refractivity contribution in [3.8, 4) is 0 Å². The number of rotatable bonds is 7. The molecule has 1 N–H and O–H groups in total. The molecule has 0 saturated heterocycles. The van der Waals surface area contributed by atoms with Crippen molar-refractivity contribution in [3.05, 3.63) is 66.7 Å². The summed E-state index contributed by atoms with van der Waals surface area (Å²) >= 11 is 0. The standard InChI is InChI=1S/C20H21N3O/c1-2-24-15-14-21-19-12-13-20(18-11-7-6-10-17(18)19)23-22-16-8-4-3-5-9-16/h3-13,21H,2,14-15H2,1H3. The SMILES string of the molecule is CCOCCNc1ccc(N=Nc2ccccc2)c2ccccc12. The van der Waals surface area contributed by atoms with E-state index in [0.717, 1.165) is 41.0 Å². The zero-order chi connectivity index (χ0) is 16.6. The molecule has 4 heteroatoms. The van der Waals surface area contributed by atoms with Gasteiger partial charge in [-0.25, -0.2) is 0 Å². The highest BCUT2D eigenvalue weighted by Crippen LogP contribution is 2.32. The van der Waals surface area contributed by atoms with E-state index in [1.807, 2.05) is 61.5 Å². The van der Waals surface area contributed by atoms with E-state index < -0.39 is 0 Å². The second-order valence-corrected chi connectivity index (χ2v) is 5.34. The molecule has 0 bridgehead atoms. The Balaban J connectivity index is 1.86. The molecule has 0 amide bonds. The third-order valence-electron chi connectivity index (χ3n) is 3.70. The molecular weight excluding hydrogens is 298 g/mol. The average molecular weight is 319 g/mol. The molecule has 0 fully saturated rings. The summed E-state index contributed by atoms with van der Waals surface area (Å²) in [6.45, 7) is 4.21. The predicted octanol–water partition coefficient (Wildman–Crippen LogP) is 5.70. The number of azo groups is 1. The Morgan fingerprint density at radius 2 is 1.58 bits per heavy atom. The van der Waals surface area contributed by atoms with Gasteiger partial charge in [0.05, 0.1) is 18.0 Å². The van der Waals surface area contributed by atoms with Crippen LogP contribution in [0.1, 0.15) is 6.92 Å². The zero-order valence-corrected chi connectivity index (χ0v) is 13.8. The van der Waals surface area contributed by atoms with E-state index in [4.69, 9.17) is 4.74 Å². The summed E-state index contributed by atoms with van der Waals surface area (Å²) in [6.07, 6.45) is 0. The monoisotopic (exact) mass is 319 g/mol. The Labute approximate surface area is 142 Å². The highest BCUT2D eigenvalue weighted by molar-refractivity contribution is 6.00. The first-order valence-electron chi connectivity index (χ1n) is 8.18. The number of fused-ring (bicyclic) bond motifs is 1. The number of ether oxygens (including phenoxy) is 1. The second-order valence-electron chi connectivity index (χ2n) is 5.34. The van der Waals surface area contributed by atoms with Crippen LogP contribution in [-0.4, -0.2) is 19.8 Å². The van der Waals surface area contributed by atoms with E-state index in [0.29, 0.717) is 6.61 Å². The highest BCUT2D eigenvalue weighted by Gasteiger charge is 2.05. The number of hydrogen-bond donors (Lipinski definition) is 1. The molecule has 0 aromatic heterocycles. The maximum Gasteiger partial charge on any atom is 0.0936 e. The Hall–Kier alpha value is -2.72. The number of nitrogens with one attached hydrogen (secondary N) is 1. The molecule has 0 unspecified atom stereocenters. The number of benzene rings is 3. The highest BCUT2D eigenvalue weighted by atomic mass is 16.5. The summed E-state index contributed by atoms with van der Waals surface area (Å²) in [4.78, 5) is 0. The molecule has 122 valence electrons. The van der Waals surface area contributed by atoms with Gasteiger partial charge < -0.3 is 10.1 Å². The molecule has 0 heterocycles. The fourth-order valence-electron chi connectivity index (χ4n) is 2.53. The van der Waals surface area contributed by atoms with E-state index in [1.165, 1.54) is 0 Å². The fourth-order valence-corrected chi connectivity index (χ4v) is 2.53. The van der Waals surface area contributed by atoms with E-state index in [9.17, 15) is 0 Å². The maximum atomic E-state index is 5.38. The molecule has 4 nitrogen and oxygen atoms in total. The first-order valence-corrected chi connectivity index (χ1v) is 8.18. The average Bonchev–Trinajstić information content (AvgIpc) is 2.65. The Morgan fingerprint density at radius 3 is 2.38 bits per heavy atom. The molecule has 0 atom stereocenters. The van der Waals surface area contributed by atoms with Gasteiger partial charge >= 0.3 is 0 Å². The van der Waals surface area contributed by atoms with Gasteiger partial charge in [0.25, 0.3) is 0 Å². The minimum atomic E-state index is 0.695. The van der Waals surface area contributed by atoms with E-state index >= 15 is 0 Å². The van der Waals surface area contributed by atoms with Crippen molar-refractivity contribution in [2.45, 2.75) is 6.92 Å². The van der Waals surface area contributed by atoms with Crippen molar-refractivity contribution in [3.63, 3.8) is 0 Å². The summed E-state index contributed by atoms with van der Waals surface area (Å²) in [7, 11) is 0. The van der Waals surface area contributed by atoms with E-state index in [2.05, 4.69) is 27.7 Å². The van der Waals surface area contributed by atoms with Crippen LogP contribution in [0.5, 0.6) is 0 Å². The lowest BCUT2D eigenvalue weighted by atomic mass is 10.1. The van der Waals surface area contributed by atoms with E-state index in [-0.39, 0.29) is 0 Å². The Kier molecular flexibility index (Phi) is 5.53. The first-order chi connectivity index (χ1) is 11.9. The van der Waals surface area contributed by atoms with Gasteiger partial charge in [-0.15, -0.1) is 5.11 Å². The van der Waals surface area contributed by atoms with Crippen molar-refractivity contribution in [2.24, 2.45) is 10.2 Å². The minimum Gasteiger partial charge on any atom is -0.382 e. The molecular formula is C20H21N3O.